The van der Waals surface area contributed by atoms with Crippen LogP contribution in [0.4, 0.5) is 0 Å². The maximum absolute atomic E-state index is 10.3. The number of fused-ring (bicyclic) bond motifs is 1. The number of carbonyl (C=O) groups is 1. The third-order valence-corrected chi connectivity index (χ3v) is 7.85. The molecule has 0 atom stereocenters. The molecule has 0 amide bonds. The highest BCUT2D eigenvalue weighted by molar-refractivity contribution is 5.75. The average molecular weight is 653 g/mol. The quantitative estimate of drug-likeness (QED) is 0.0684. The molecule has 262 valence electrons. The van der Waals surface area contributed by atoms with E-state index in [4.69, 9.17) is 28.8 Å². The number of carboxylic acid groups (broad SMARTS) is 1. The molecule has 7 nitrogen and oxygen atoms in total. The van der Waals surface area contributed by atoms with E-state index in [-0.39, 0.29) is 17.4 Å². The Bertz CT molecular complexity index is 805. The van der Waals surface area contributed by atoms with Crippen LogP contribution in [-0.4, -0.2) is 68.3 Å². The van der Waals surface area contributed by atoms with Crippen molar-refractivity contribution in [3.8, 4) is 11.5 Å². The molecule has 0 saturated heterocycles. The van der Waals surface area contributed by atoms with Crippen LogP contribution >= 0.6 is 0 Å². The molecule has 0 bridgehead atoms. The highest BCUT2D eigenvalue weighted by Gasteiger charge is 2.17. The molecule has 45 heavy (non-hydrogen) atoms. The second-order valence-corrected chi connectivity index (χ2v) is 11.9. The number of aryl methyl sites for hydroxylation is 1. The van der Waals surface area contributed by atoms with Crippen LogP contribution in [0.2, 0.25) is 0 Å². The fourth-order valence-corrected chi connectivity index (χ4v) is 5.18. The van der Waals surface area contributed by atoms with Crippen molar-refractivity contribution in [3.63, 3.8) is 0 Å². The summed E-state index contributed by atoms with van der Waals surface area (Å²) in [6.07, 6.45) is 24.6. The van der Waals surface area contributed by atoms with E-state index in [0.717, 1.165) is 56.6 Å². The van der Waals surface area contributed by atoms with Crippen LogP contribution in [0.5, 0.6) is 11.5 Å². The van der Waals surface area contributed by atoms with Crippen molar-refractivity contribution >= 4 is 23.3 Å². The van der Waals surface area contributed by atoms with E-state index in [0.29, 0.717) is 46.2 Å². The van der Waals surface area contributed by atoms with Crippen molar-refractivity contribution in [2.24, 2.45) is 0 Å². The first-order valence-electron chi connectivity index (χ1n) is 18.0. The first-order chi connectivity index (χ1) is 21.6. The van der Waals surface area contributed by atoms with Crippen LogP contribution in [0.3, 0.4) is 0 Å². The first kappa shape index (κ1) is 43.7. The summed E-state index contributed by atoms with van der Waals surface area (Å²) in [5, 5.41) is 8.52. The van der Waals surface area contributed by atoms with E-state index in [9.17, 15) is 4.79 Å². The van der Waals surface area contributed by atoms with Gasteiger partial charge in [-0.25, -0.2) is 0 Å². The number of aliphatic carboxylic acids is 1. The van der Waals surface area contributed by atoms with E-state index in [1.807, 2.05) is 6.07 Å². The van der Waals surface area contributed by atoms with Crippen molar-refractivity contribution in [3.05, 3.63) is 23.3 Å². The lowest BCUT2D eigenvalue weighted by Gasteiger charge is -2.11. The lowest BCUT2D eigenvalue weighted by Crippen LogP contribution is -2.10. The van der Waals surface area contributed by atoms with Gasteiger partial charge in [0.05, 0.1) is 33.0 Å². The third kappa shape index (κ3) is 25.5. The molecule has 0 unspecified atom stereocenters. The normalized spacial score (nSPS) is 11.6. The van der Waals surface area contributed by atoms with Crippen LogP contribution in [0, 0.1) is 0 Å². The van der Waals surface area contributed by atoms with Gasteiger partial charge in [0.25, 0.3) is 0 Å². The molecule has 1 aromatic rings. The van der Waals surface area contributed by atoms with Crippen LogP contribution in [0.1, 0.15) is 154 Å². The summed E-state index contributed by atoms with van der Waals surface area (Å²) in [4.78, 5) is 10.3. The number of carboxylic acids is 1. The molecule has 0 aromatic heterocycles. The molecule has 2 rings (SSSR count). The molecule has 8 heteroatoms. The van der Waals surface area contributed by atoms with Crippen molar-refractivity contribution < 1.29 is 33.6 Å². The van der Waals surface area contributed by atoms with Gasteiger partial charge in [0.2, 0.25) is 6.79 Å². The second kappa shape index (κ2) is 32.6. The van der Waals surface area contributed by atoms with E-state index in [2.05, 4.69) is 26.8 Å². The first-order valence-corrected chi connectivity index (χ1v) is 18.0. The van der Waals surface area contributed by atoms with Gasteiger partial charge in [-0.3, -0.25) is 4.79 Å². The van der Waals surface area contributed by atoms with Gasteiger partial charge in [-0.2, -0.15) is 0 Å². The summed E-state index contributed by atoms with van der Waals surface area (Å²) in [5.74, 6) is 1.00. The van der Waals surface area contributed by atoms with Gasteiger partial charge in [0.15, 0.2) is 28.9 Å². The zero-order valence-corrected chi connectivity index (χ0v) is 28.6. The van der Waals surface area contributed by atoms with Crippen molar-refractivity contribution in [1.29, 1.82) is 0 Å². The summed E-state index contributed by atoms with van der Waals surface area (Å²) in [7, 11) is 0. The van der Waals surface area contributed by atoms with Crippen LogP contribution < -0.4 is 9.47 Å². The highest BCUT2D eigenvalue weighted by atomic mass is 27.0. The summed E-state index contributed by atoms with van der Waals surface area (Å²) in [5.41, 5.74) is 2.44. The fourth-order valence-electron chi connectivity index (χ4n) is 5.18. The predicted octanol–water partition coefficient (Wildman–Crippen LogP) is 8.87. The Morgan fingerprint density at radius 3 is 1.53 bits per heavy atom. The van der Waals surface area contributed by atoms with E-state index in [1.54, 1.807) is 0 Å². The number of rotatable bonds is 29. The molecule has 0 aliphatic carbocycles. The standard InChI is InChI=1S/C19H30O5.C18H36O2.Al.3H/c1-3-5-7-20-8-9-21-10-11-22-14-17-13-19-18(23-15-24-19)12-16(17)6-4-2;1-2-3-4-5-6-7-8-9-10-11-12-13-14-15-16-17-18(19)20;;;;/h12-13H,3-11,14-15H2,1-2H3;2-17H2,1H3,(H,19,20);;;;. The van der Waals surface area contributed by atoms with Gasteiger partial charge in [0.1, 0.15) is 0 Å². The summed E-state index contributed by atoms with van der Waals surface area (Å²) in [6.45, 7) is 10.7. The number of unbranched alkanes of at least 4 members (excludes halogenated alkanes) is 15. The Labute approximate surface area is 286 Å². The number of hydrogen-bond donors (Lipinski definition) is 1. The molecule has 1 aliphatic rings. The number of ether oxygens (including phenoxy) is 5. The van der Waals surface area contributed by atoms with Gasteiger partial charge in [-0.15, -0.1) is 0 Å². The summed E-state index contributed by atoms with van der Waals surface area (Å²) >= 11 is 0. The topological polar surface area (TPSA) is 83.5 Å². The van der Waals surface area contributed by atoms with Gasteiger partial charge in [-0.05, 0) is 42.5 Å². The Hall–Kier alpha value is -1.30. The monoisotopic (exact) mass is 652 g/mol. The zero-order chi connectivity index (χ0) is 31.9. The molecule has 0 saturated carbocycles. The van der Waals surface area contributed by atoms with Crippen LogP contribution in [0.25, 0.3) is 0 Å². The number of hydrogen-bond acceptors (Lipinski definition) is 6. The van der Waals surface area contributed by atoms with E-state index in [1.165, 1.54) is 94.6 Å². The minimum absolute atomic E-state index is 0. The fraction of sp³-hybridized carbons (Fsp3) is 0.811. The smallest absolute Gasteiger partial charge is 0.303 e. The largest absolute Gasteiger partial charge is 0.481 e. The van der Waals surface area contributed by atoms with Crippen LogP contribution in [-0.2, 0) is 32.0 Å². The summed E-state index contributed by atoms with van der Waals surface area (Å²) < 4.78 is 27.6. The van der Waals surface area contributed by atoms with E-state index < -0.39 is 5.97 Å². The molecule has 0 radical (unpaired) electrons. The lowest BCUT2D eigenvalue weighted by molar-refractivity contribution is -0.137. The Morgan fingerprint density at radius 2 is 1.04 bits per heavy atom. The molecular formula is C37H69AlO7. The minimum Gasteiger partial charge on any atom is -0.481 e. The third-order valence-electron chi connectivity index (χ3n) is 7.85. The maximum atomic E-state index is 10.3. The Kier molecular flexibility index (Phi) is 31.7. The molecule has 1 aliphatic heterocycles. The molecule has 1 heterocycles. The van der Waals surface area contributed by atoms with Crippen LogP contribution in [0.15, 0.2) is 12.1 Å². The Balaban J connectivity index is 0.000000858. The molecule has 0 spiro atoms. The van der Waals surface area contributed by atoms with E-state index >= 15 is 0 Å². The molecule has 0 fully saturated rings. The van der Waals surface area contributed by atoms with Crippen molar-refractivity contribution in [2.45, 2.75) is 156 Å². The summed E-state index contributed by atoms with van der Waals surface area (Å²) in [6, 6.07) is 4.12. The van der Waals surface area contributed by atoms with Gasteiger partial charge in [0, 0.05) is 13.0 Å². The van der Waals surface area contributed by atoms with Gasteiger partial charge < -0.3 is 28.8 Å². The SMILES string of the molecule is CCCCCCCCCCCCCCCCCC(=O)O.CCCCOCCOCCOCc1cc2c(cc1CCC)OCO2.[AlH3]. The minimum atomic E-state index is -0.653. The second-order valence-electron chi connectivity index (χ2n) is 11.9. The number of benzene rings is 1. The molecule has 1 N–H and O–H groups in total. The van der Waals surface area contributed by atoms with Gasteiger partial charge >= 0.3 is 5.97 Å². The predicted molar refractivity (Wildman–Crippen MR) is 190 cm³/mol. The lowest BCUT2D eigenvalue weighted by atomic mass is 10.0. The average Bonchev–Trinajstić information content (AvgIpc) is 3.47. The van der Waals surface area contributed by atoms with Gasteiger partial charge in [-0.1, -0.05) is 124 Å². The molecular weight excluding hydrogens is 583 g/mol. The zero-order valence-electron chi connectivity index (χ0n) is 28.6. The Morgan fingerprint density at radius 1 is 0.600 bits per heavy atom. The molecule has 1 aromatic carbocycles. The maximum Gasteiger partial charge on any atom is 0.303 e. The van der Waals surface area contributed by atoms with Crippen molar-refractivity contribution in [1.82, 2.24) is 0 Å². The highest BCUT2D eigenvalue weighted by Crippen LogP contribution is 2.35. The van der Waals surface area contributed by atoms with Crippen molar-refractivity contribution in [2.75, 3.05) is 39.8 Å².